The lowest BCUT2D eigenvalue weighted by Gasteiger charge is -2.36. The zero-order valence-electron chi connectivity index (χ0n) is 12.6. The highest BCUT2D eigenvalue weighted by atomic mass is 16.5. The average molecular weight is 282 g/mol. The first-order valence-corrected chi connectivity index (χ1v) is 7.75. The molecular weight excluding hydrogens is 256 g/mol. The zero-order chi connectivity index (χ0) is 14.5. The van der Waals surface area contributed by atoms with E-state index < -0.39 is 0 Å². The van der Waals surface area contributed by atoms with E-state index in [1.807, 2.05) is 11.8 Å². The standard InChI is InChI=1S/C15H26N2O3/c1-3-20-15(19)13-5-4-8-17(11-13)14(18)12-6-9-16(2)10-7-12/h12-13H,3-11H2,1-2H3. The Kier molecular flexibility index (Phi) is 5.40. The number of hydrogen-bond acceptors (Lipinski definition) is 4. The van der Waals surface area contributed by atoms with Crippen molar-refractivity contribution < 1.29 is 14.3 Å². The van der Waals surface area contributed by atoms with Gasteiger partial charge in [-0.25, -0.2) is 0 Å². The molecule has 2 heterocycles. The molecule has 1 atom stereocenters. The van der Waals surface area contributed by atoms with Gasteiger partial charge in [-0.15, -0.1) is 0 Å². The Bertz CT molecular complexity index is 351. The Morgan fingerprint density at radius 3 is 2.45 bits per heavy atom. The Labute approximate surface area is 121 Å². The topological polar surface area (TPSA) is 49.9 Å². The number of hydrogen-bond donors (Lipinski definition) is 0. The van der Waals surface area contributed by atoms with Crippen LogP contribution in [0.15, 0.2) is 0 Å². The SMILES string of the molecule is CCOC(=O)C1CCCN(C(=O)C2CCN(C)CC2)C1. The van der Waals surface area contributed by atoms with E-state index in [9.17, 15) is 9.59 Å². The smallest absolute Gasteiger partial charge is 0.310 e. The van der Waals surface area contributed by atoms with Crippen molar-refractivity contribution in [1.29, 1.82) is 0 Å². The van der Waals surface area contributed by atoms with Crippen molar-refractivity contribution in [1.82, 2.24) is 9.80 Å². The summed E-state index contributed by atoms with van der Waals surface area (Å²) < 4.78 is 5.09. The van der Waals surface area contributed by atoms with Crippen molar-refractivity contribution in [2.45, 2.75) is 32.6 Å². The number of rotatable bonds is 3. The number of likely N-dealkylation sites (tertiary alicyclic amines) is 2. The molecule has 0 saturated carbocycles. The van der Waals surface area contributed by atoms with Gasteiger partial charge in [-0.2, -0.15) is 0 Å². The molecule has 2 fully saturated rings. The largest absolute Gasteiger partial charge is 0.466 e. The van der Waals surface area contributed by atoms with Crippen LogP contribution in [0.3, 0.4) is 0 Å². The highest BCUT2D eigenvalue weighted by Crippen LogP contribution is 2.23. The number of nitrogens with zero attached hydrogens (tertiary/aromatic N) is 2. The third-order valence-corrected chi connectivity index (χ3v) is 4.42. The number of piperidine rings is 2. The van der Waals surface area contributed by atoms with Crippen molar-refractivity contribution in [2.75, 3.05) is 39.8 Å². The van der Waals surface area contributed by atoms with Gasteiger partial charge in [-0.05, 0) is 52.7 Å². The maximum atomic E-state index is 12.5. The normalized spacial score (nSPS) is 25.5. The van der Waals surface area contributed by atoms with Crippen molar-refractivity contribution in [3.63, 3.8) is 0 Å². The number of amides is 1. The van der Waals surface area contributed by atoms with Crippen LogP contribution in [0.2, 0.25) is 0 Å². The average Bonchev–Trinajstić information content (AvgIpc) is 2.48. The van der Waals surface area contributed by atoms with Gasteiger partial charge in [-0.3, -0.25) is 9.59 Å². The van der Waals surface area contributed by atoms with Gasteiger partial charge >= 0.3 is 5.97 Å². The molecule has 0 spiro atoms. The van der Waals surface area contributed by atoms with Gasteiger partial charge < -0.3 is 14.5 Å². The third-order valence-electron chi connectivity index (χ3n) is 4.42. The lowest BCUT2D eigenvalue weighted by molar-refractivity contribution is -0.152. The molecule has 1 unspecified atom stereocenters. The minimum atomic E-state index is -0.145. The molecule has 0 radical (unpaired) electrons. The van der Waals surface area contributed by atoms with Gasteiger partial charge in [0.05, 0.1) is 12.5 Å². The van der Waals surface area contributed by atoms with E-state index in [-0.39, 0.29) is 23.7 Å². The van der Waals surface area contributed by atoms with Gasteiger partial charge in [0.2, 0.25) is 5.91 Å². The summed E-state index contributed by atoms with van der Waals surface area (Å²) in [6.45, 7) is 5.56. The van der Waals surface area contributed by atoms with E-state index in [0.29, 0.717) is 13.2 Å². The van der Waals surface area contributed by atoms with Crippen LogP contribution in [0.4, 0.5) is 0 Å². The van der Waals surface area contributed by atoms with E-state index in [0.717, 1.165) is 45.3 Å². The minimum Gasteiger partial charge on any atom is -0.466 e. The molecule has 2 aliphatic heterocycles. The van der Waals surface area contributed by atoms with Crippen LogP contribution >= 0.6 is 0 Å². The molecule has 0 aromatic heterocycles. The van der Waals surface area contributed by atoms with Crippen LogP contribution in [0.25, 0.3) is 0 Å². The van der Waals surface area contributed by atoms with E-state index in [1.165, 1.54) is 0 Å². The van der Waals surface area contributed by atoms with Crippen molar-refractivity contribution in [3.8, 4) is 0 Å². The number of carbonyl (C=O) groups is 2. The molecule has 2 saturated heterocycles. The van der Waals surface area contributed by atoms with Crippen LogP contribution in [0.5, 0.6) is 0 Å². The lowest BCUT2D eigenvalue weighted by atomic mass is 9.92. The van der Waals surface area contributed by atoms with Crippen molar-refractivity contribution >= 4 is 11.9 Å². The van der Waals surface area contributed by atoms with Crippen LogP contribution in [-0.2, 0) is 14.3 Å². The third kappa shape index (κ3) is 3.72. The van der Waals surface area contributed by atoms with E-state index in [1.54, 1.807) is 0 Å². The maximum Gasteiger partial charge on any atom is 0.310 e. The Balaban J connectivity index is 1.88. The fourth-order valence-electron chi connectivity index (χ4n) is 3.14. The summed E-state index contributed by atoms with van der Waals surface area (Å²) in [5.41, 5.74) is 0. The van der Waals surface area contributed by atoms with Gasteiger partial charge in [0.25, 0.3) is 0 Å². The van der Waals surface area contributed by atoms with E-state index in [2.05, 4.69) is 11.9 Å². The molecule has 5 nitrogen and oxygen atoms in total. The van der Waals surface area contributed by atoms with E-state index in [4.69, 9.17) is 4.74 Å². The molecule has 114 valence electrons. The number of ether oxygens (including phenoxy) is 1. The number of carbonyl (C=O) groups excluding carboxylic acids is 2. The summed E-state index contributed by atoms with van der Waals surface area (Å²) in [5, 5.41) is 0. The van der Waals surface area contributed by atoms with Gasteiger partial charge in [0.15, 0.2) is 0 Å². The summed E-state index contributed by atoms with van der Waals surface area (Å²) in [4.78, 5) is 28.5. The highest BCUT2D eigenvalue weighted by molar-refractivity contribution is 5.80. The molecule has 5 heteroatoms. The molecule has 0 aromatic carbocycles. The second kappa shape index (κ2) is 7.07. The lowest BCUT2D eigenvalue weighted by Crippen LogP contribution is -2.47. The minimum absolute atomic E-state index is 0.126. The second-order valence-electron chi connectivity index (χ2n) is 5.95. The highest BCUT2D eigenvalue weighted by Gasteiger charge is 2.33. The van der Waals surface area contributed by atoms with Crippen LogP contribution < -0.4 is 0 Å². The quantitative estimate of drug-likeness (QED) is 0.728. The molecule has 0 aliphatic carbocycles. The Morgan fingerprint density at radius 1 is 1.10 bits per heavy atom. The van der Waals surface area contributed by atoms with Crippen LogP contribution in [-0.4, -0.2) is 61.5 Å². The van der Waals surface area contributed by atoms with Crippen LogP contribution in [0, 0.1) is 11.8 Å². The summed E-state index contributed by atoms with van der Waals surface area (Å²) >= 11 is 0. The molecule has 2 aliphatic rings. The van der Waals surface area contributed by atoms with Crippen molar-refractivity contribution in [2.24, 2.45) is 11.8 Å². The van der Waals surface area contributed by atoms with Gasteiger partial charge in [-0.1, -0.05) is 0 Å². The molecule has 0 N–H and O–H groups in total. The first kappa shape index (κ1) is 15.3. The first-order chi connectivity index (χ1) is 9.61. The summed E-state index contributed by atoms with van der Waals surface area (Å²) in [6, 6.07) is 0. The summed E-state index contributed by atoms with van der Waals surface area (Å²) in [6.07, 6.45) is 3.63. The zero-order valence-corrected chi connectivity index (χ0v) is 12.6. The first-order valence-electron chi connectivity index (χ1n) is 7.75. The molecule has 0 bridgehead atoms. The Morgan fingerprint density at radius 2 is 1.80 bits per heavy atom. The molecule has 2 rings (SSSR count). The van der Waals surface area contributed by atoms with E-state index >= 15 is 0 Å². The number of esters is 1. The predicted octanol–water partition coefficient (Wildman–Crippen LogP) is 1.13. The Hall–Kier alpha value is -1.10. The fraction of sp³-hybridized carbons (Fsp3) is 0.867. The van der Waals surface area contributed by atoms with Gasteiger partial charge in [0.1, 0.15) is 0 Å². The summed E-state index contributed by atoms with van der Waals surface area (Å²) in [7, 11) is 2.10. The monoisotopic (exact) mass is 282 g/mol. The summed E-state index contributed by atoms with van der Waals surface area (Å²) in [5.74, 6) is 0.117. The second-order valence-corrected chi connectivity index (χ2v) is 5.95. The molecular formula is C15H26N2O3. The molecule has 20 heavy (non-hydrogen) atoms. The molecule has 1 amide bonds. The predicted molar refractivity (Wildman–Crippen MR) is 76.2 cm³/mol. The molecule has 0 aromatic rings. The fourth-order valence-corrected chi connectivity index (χ4v) is 3.14. The van der Waals surface area contributed by atoms with Gasteiger partial charge in [0, 0.05) is 19.0 Å². The maximum absolute atomic E-state index is 12.5. The van der Waals surface area contributed by atoms with Crippen LogP contribution in [0.1, 0.15) is 32.6 Å². The van der Waals surface area contributed by atoms with Crippen molar-refractivity contribution in [3.05, 3.63) is 0 Å².